The Morgan fingerprint density at radius 2 is 1.89 bits per heavy atom. The maximum Gasteiger partial charge on any atom is 0.222 e. The molecule has 1 heterocycles. The SMILES string of the molecule is CCc1cccc(N2CCN(CCC3CC(NC(=O)C(C)C)C3)CC2)c1C. The smallest absolute Gasteiger partial charge is 0.222 e. The van der Waals surface area contributed by atoms with E-state index in [1.165, 1.54) is 42.6 Å². The molecule has 4 nitrogen and oxygen atoms in total. The van der Waals surface area contributed by atoms with Crippen LogP contribution in [0.15, 0.2) is 18.2 Å². The molecule has 1 saturated carbocycles. The van der Waals surface area contributed by atoms with Crippen LogP contribution >= 0.6 is 0 Å². The summed E-state index contributed by atoms with van der Waals surface area (Å²) >= 11 is 0. The predicted octanol–water partition coefficient (Wildman–Crippen LogP) is 3.62. The largest absolute Gasteiger partial charge is 0.369 e. The summed E-state index contributed by atoms with van der Waals surface area (Å²) in [5.41, 5.74) is 4.35. The topological polar surface area (TPSA) is 35.6 Å². The number of nitrogens with one attached hydrogen (secondary N) is 1. The summed E-state index contributed by atoms with van der Waals surface area (Å²) in [6.45, 7) is 14.2. The van der Waals surface area contributed by atoms with E-state index in [2.05, 4.69) is 47.2 Å². The molecule has 0 radical (unpaired) electrons. The van der Waals surface area contributed by atoms with Crippen LogP contribution in [0.25, 0.3) is 0 Å². The summed E-state index contributed by atoms with van der Waals surface area (Å²) in [6.07, 6.45) is 4.72. The van der Waals surface area contributed by atoms with E-state index >= 15 is 0 Å². The number of carbonyl (C=O) groups is 1. The van der Waals surface area contributed by atoms with Crippen LogP contribution in [0, 0.1) is 18.8 Å². The highest BCUT2D eigenvalue weighted by molar-refractivity contribution is 5.78. The molecule has 1 N–H and O–H groups in total. The fraction of sp³-hybridized carbons (Fsp3) is 0.696. The summed E-state index contributed by atoms with van der Waals surface area (Å²) in [5.74, 6) is 1.10. The van der Waals surface area contributed by atoms with Gasteiger partial charge in [0.2, 0.25) is 5.91 Å². The minimum Gasteiger partial charge on any atom is -0.369 e. The number of anilines is 1. The molecule has 1 aromatic rings. The lowest BCUT2D eigenvalue weighted by Gasteiger charge is -2.40. The second-order valence-corrected chi connectivity index (χ2v) is 8.73. The Morgan fingerprint density at radius 1 is 1.19 bits per heavy atom. The van der Waals surface area contributed by atoms with Crippen LogP contribution in [0.2, 0.25) is 0 Å². The monoisotopic (exact) mass is 371 g/mol. The molecule has 0 bridgehead atoms. The molecule has 3 rings (SSSR count). The molecule has 0 spiro atoms. The van der Waals surface area contributed by atoms with Crippen LogP contribution < -0.4 is 10.2 Å². The molecule has 1 amide bonds. The first-order valence-corrected chi connectivity index (χ1v) is 10.8. The standard InChI is InChI=1S/C23H37N3O/c1-5-20-7-6-8-22(18(20)4)26-13-11-25(12-14-26)10-9-19-15-21(16-19)24-23(27)17(2)3/h6-8,17,19,21H,5,9-16H2,1-4H3,(H,24,27). The average Bonchev–Trinajstić information content (AvgIpc) is 2.64. The molecule has 1 aromatic carbocycles. The predicted molar refractivity (Wildman–Crippen MR) is 113 cm³/mol. The lowest BCUT2D eigenvalue weighted by Crippen LogP contribution is -2.49. The number of hydrogen-bond donors (Lipinski definition) is 1. The summed E-state index contributed by atoms with van der Waals surface area (Å²) in [5, 5.41) is 3.16. The van der Waals surface area contributed by atoms with Gasteiger partial charge in [-0.15, -0.1) is 0 Å². The highest BCUT2D eigenvalue weighted by Gasteiger charge is 2.31. The molecule has 4 heteroatoms. The van der Waals surface area contributed by atoms with E-state index in [9.17, 15) is 4.79 Å². The quantitative estimate of drug-likeness (QED) is 0.795. The Hall–Kier alpha value is -1.55. The fourth-order valence-corrected chi connectivity index (χ4v) is 4.43. The minimum atomic E-state index is 0.0991. The van der Waals surface area contributed by atoms with E-state index in [0.29, 0.717) is 6.04 Å². The van der Waals surface area contributed by atoms with Crippen molar-refractivity contribution >= 4 is 11.6 Å². The number of carbonyl (C=O) groups excluding carboxylic acids is 1. The van der Waals surface area contributed by atoms with Crippen molar-refractivity contribution in [2.45, 2.75) is 59.4 Å². The maximum atomic E-state index is 11.7. The third-order valence-electron chi connectivity index (χ3n) is 6.47. The lowest BCUT2D eigenvalue weighted by atomic mass is 9.78. The Morgan fingerprint density at radius 3 is 2.52 bits per heavy atom. The number of nitrogens with zero attached hydrogens (tertiary/aromatic N) is 2. The highest BCUT2D eigenvalue weighted by atomic mass is 16.1. The second kappa shape index (κ2) is 9.09. The van der Waals surface area contributed by atoms with Gasteiger partial charge < -0.3 is 10.2 Å². The van der Waals surface area contributed by atoms with Crippen LogP contribution in [-0.2, 0) is 11.2 Å². The summed E-state index contributed by atoms with van der Waals surface area (Å²) in [4.78, 5) is 16.9. The van der Waals surface area contributed by atoms with Gasteiger partial charge in [0.05, 0.1) is 0 Å². The molecular formula is C23H37N3O. The number of hydrogen-bond acceptors (Lipinski definition) is 3. The lowest BCUT2D eigenvalue weighted by molar-refractivity contribution is -0.125. The molecule has 150 valence electrons. The van der Waals surface area contributed by atoms with Gasteiger partial charge in [0, 0.05) is 43.8 Å². The minimum absolute atomic E-state index is 0.0991. The summed E-state index contributed by atoms with van der Waals surface area (Å²) < 4.78 is 0. The first kappa shape index (κ1) is 20.2. The zero-order valence-corrected chi connectivity index (χ0v) is 17.6. The van der Waals surface area contributed by atoms with Crippen LogP contribution in [0.1, 0.15) is 51.2 Å². The second-order valence-electron chi connectivity index (χ2n) is 8.73. The van der Waals surface area contributed by atoms with Crippen LogP contribution in [0.4, 0.5) is 5.69 Å². The molecule has 27 heavy (non-hydrogen) atoms. The van der Waals surface area contributed by atoms with Gasteiger partial charge in [-0.2, -0.15) is 0 Å². The third-order valence-corrected chi connectivity index (χ3v) is 6.47. The van der Waals surface area contributed by atoms with Crippen molar-refractivity contribution < 1.29 is 4.79 Å². The van der Waals surface area contributed by atoms with Crippen molar-refractivity contribution in [3.05, 3.63) is 29.3 Å². The zero-order valence-electron chi connectivity index (χ0n) is 17.6. The van der Waals surface area contributed by atoms with Gasteiger partial charge in [-0.05, 0) is 62.3 Å². The highest BCUT2D eigenvalue weighted by Crippen LogP contribution is 2.31. The van der Waals surface area contributed by atoms with Crippen LogP contribution in [0.3, 0.4) is 0 Å². The molecular weight excluding hydrogens is 334 g/mol. The summed E-state index contributed by atoms with van der Waals surface area (Å²) in [7, 11) is 0. The molecule has 1 aliphatic carbocycles. The van der Waals surface area contributed by atoms with Gasteiger partial charge in [-0.1, -0.05) is 32.9 Å². The summed E-state index contributed by atoms with van der Waals surface area (Å²) in [6, 6.07) is 7.17. The van der Waals surface area contributed by atoms with E-state index in [-0.39, 0.29) is 11.8 Å². The van der Waals surface area contributed by atoms with Gasteiger partial charge in [0.15, 0.2) is 0 Å². The third kappa shape index (κ3) is 5.04. The Kier molecular flexibility index (Phi) is 6.80. The first-order valence-electron chi connectivity index (χ1n) is 10.8. The molecule has 0 unspecified atom stereocenters. The Bertz CT molecular complexity index is 629. The van der Waals surface area contributed by atoms with Crippen molar-refractivity contribution in [3.63, 3.8) is 0 Å². The van der Waals surface area contributed by atoms with Crippen molar-refractivity contribution in [3.8, 4) is 0 Å². The number of piperazine rings is 1. The van der Waals surface area contributed by atoms with Crippen LogP contribution in [0.5, 0.6) is 0 Å². The molecule has 0 aromatic heterocycles. The van der Waals surface area contributed by atoms with E-state index in [1.807, 2.05) is 13.8 Å². The number of aryl methyl sites for hydroxylation is 1. The average molecular weight is 372 g/mol. The Balaban J connectivity index is 1.37. The Labute approximate surface area is 165 Å². The number of rotatable bonds is 7. The van der Waals surface area contributed by atoms with Gasteiger partial charge in [0.25, 0.3) is 0 Å². The van der Waals surface area contributed by atoms with Crippen molar-refractivity contribution in [1.82, 2.24) is 10.2 Å². The molecule has 1 saturated heterocycles. The van der Waals surface area contributed by atoms with E-state index in [1.54, 1.807) is 0 Å². The van der Waals surface area contributed by atoms with E-state index in [0.717, 1.165) is 38.5 Å². The van der Waals surface area contributed by atoms with Gasteiger partial charge >= 0.3 is 0 Å². The van der Waals surface area contributed by atoms with Crippen molar-refractivity contribution in [1.29, 1.82) is 0 Å². The number of benzene rings is 1. The van der Waals surface area contributed by atoms with E-state index < -0.39 is 0 Å². The van der Waals surface area contributed by atoms with Gasteiger partial charge in [-0.3, -0.25) is 9.69 Å². The molecule has 0 atom stereocenters. The number of amides is 1. The molecule has 2 aliphatic rings. The zero-order chi connectivity index (χ0) is 19.4. The van der Waals surface area contributed by atoms with Crippen LogP contribution in [-0.4, -0.2) is 49.6 Å². The van der Waals surface area contributed by atoms with Crippen molar-refractivity contribution in [2.24, 2.45) is 11.8 Å². The molecule has 1 aliphatic heterocycles. The van der Waals surface area contributed by atoms with E-state index in [4.69, 9.17) is 0 Å². The normalized spacial score (nSPS) is 23.4. The van der Waals surface area contributed by atoms with Gasteiger partial charge in [0.1, 0.15) is 0 Å². The molecule has 2 fully saturated rings. The van der Waals surface area contributed by atoms with Gasteiger partial charge in [-0.25, -0.2) is 0 Å². The first-order chi connectivity index (χ1) is 13.0. The van der Waals surface area contributed by atoms with Crippen molar-refractivity contribution in [2.75, 3.05) is 37.6 Å². The maximum absolute atomic E-state index is 11.7. The fourth-order valence-electron chi connectivity index (χ4n) is 4.43.